The van der Waals surface area contributed by atoms with Gasteiger partial charge in [-0.1, -0.05) is 12.2 Å². The van der Waals surface area contributed by atoms with Crippen LogP contribution < -0.4 is 11.1 Å². The molecule has 108 valence electrons. The molecule has 0 amide bonds. The number of hydrogen-bond donors (Lipinski definition) is 2. The maximum Gasteiger partial charge on any atom is 0.434 e. The summed E-state index contributed by atoms with van der Waals surface area (Å²) in [4.78, 5) is 7.32. The minimum Gasteiger partial charge on any atom is -0.370 e. The summed E-state index contributed by atoms with van der Waals surface area (Å²) in [6.07, 6.45) is -4.41. The lowest BCUT2D eigenvalue weighted by atomic mass is 10.3. The van der Waals surface area contributed by atoms with Gasteiger partial charge in [0.25, 0.3) is 0 Å². The van der Waals surface area contributed by atoms with Crippen molar-refractivity contribution in [2.24, 2.45) is 10.7 Å². The molecule has 19 heavy (non-hydrogen) atoms. The van der Waals surface area contributed by atoms with Gasteiger partial charge in [-0.15, -0.1) is 35.3 Å². The summed E-state index contributed by atoms with van der Waals surface area (Å²) >= 11 is 0.904. The number of alkyl halides is 3. The minimum atomic E-state index is -4.41. The van der Waals surface area contributed by atoms with Gasteiger partial charge in [-0.05, 0) is 6.92 Å². The van der Waals surface area contributed by atoms with Gasteiger partial charge in [-0.25, -0.2) is 9.98 Å². The third-order valence-electron chi connectivity index (χ3n) is 1.80. The second-order valence-corrected chi connectivity index (χ2v) is 4.58. The summed E-state index contributed by atoms with van der Waals surface area (Å²) in [5.41, 5.74) is 5.49. The molecule has 0 radical (unpaired) electrons. The number of rotatable bonds is 4. The van der Waals surface area contributed by atoms with Gasteiger partial charge in [0.1, 0.15) is 5.01 Å². The van der Waals surface area contributed by atoms with Gasteiger partial charge in [0.2, 0.25) is 0 Å². The maximum atomic E-state index is 12.3. The van der Waals surface area contributed by atoms with E-state index in [1.54, 1.807) is 0 Å². The van der Waals surface area contributed by atoms with Crippen LogP contribution in [0.15, 0.2) is 22.5 Å². The number of halogens is 4. The smallest absolute Gasteiger partial charge is 0.370 e. The van der Waals surface area contributed by atoms with Gasteiger partial charge >= 0.3 is 6.18 Å². The Morgan fingerprint density at radius 3 is 2.68 bits per heavy atom. The van der Waals surface area contributed by atoms with E-state index in [0.717, 1.165) is 22.3 Å². The predicted octanol–water partition coefficient (Wildman–Crippen LogP) is 2.76. The van der Waals surface area contributed by atoms with E-state index in [9.17, 15) is 13.2 Å². The average Bonchev–Trinajstić information content (AvgIpc) is 2.71. The predicted molar refractivity (Wildman–Crippen MR) is 80.7 cm³/mol. The molecular formula is C10H14F3IN4S. The van der Waals surface area contributed by atoms with Crippen molar-refractivity contribution in [3.8, 4) is 0 Å². The van der Waals surface area contributed by atoms with E-state index in [-0.39, 0.29) is 41.5 Å². The number of nitrogens with two attached hydrogens (primary N) is 1. The van der Waals surface area contributed by atoms with Crippen molar-refractivity contribution >= 4 is 41.3 Å². The van der Waals surface area contributed by atoms with Crippen LogP contribution in [-0.2, 0) is 12.7 Å². The molecule has 0 bridgehead atoms. The molecule has 0 saturated carbocycles. The third-order valence-corrected chi connectivity index (χ3v) is 2.63. The Morgan fingerprint density at radius 1 is 1.58 bits per heavy atom. The van der Waals surface area contributed by atoms with E-state index in [0.29, 0.717) is 6.54 Å². The molecule has 0 aliphatic carbocycles. The first-order valence-corrected chi connectivity index (χ1v) is 5.87. The van der Waals surface area contributed by atoms with Gasteiger partial charge in [0.05, 0.1) is 6.54 Å². The molecule has 0 fully saturated rings. The number of aliphatic imine (C=N–C) groups is 1. The van der Waals surface area contributed by atoms with Crippen LogP contribution in [0.2, 0.25) is 0 Å². The fourth-order valence-electron chi connectivity index (χ4n) is 0.964. The minimum absolute atomic E-state index is 0. The first-order chi connectivity index (χ1) is 8.29. The molecule has 0 saturated heterocycles. The van der Waals surface area contributed by atoms with Gasteiger partial charge in [-0.3, -0.25) is 0 Å². The van der Waals surface area contributed by atoms with Crippen molar-refractivity contribution in [2.75, 3.05) is 6.54 Å². The van der Waals surface area contributed by atoms with E-state index in [1.807, 2.05) is 6.92 Å². The Morgan fingerprint density at radius 2 is 2.21 bits per heavy atom. The number of aromatic nitrogens is 1. The van der Waals surface area contributed by atoms with Crippen LogP contribution in [0.1, 0.15) is 17.6 Å². The quantitative estimate of drug-likeness (QED) is 0.350. The zero-order valence-electron chi connectivity index (χ0n) is 10.1. The first-order valence-electron chi connectivity index (χ1n) is 4.99. The Labute approximate surface area is 130 Å². The lowest BCUT2D eigenvalue weighted by Gasteiger charge is -2.03. The largest absolute Gasteiger partial charge is 0.434 e. The Hall–Kier alpha value is -0.840. The van der Waals surface area contributed by atoms with Crippen LogP contribution in [0, 0.1) is 0 Å². The monoisotopic (exact) mass is 406 g/mol. The van der Waals surface area contributed by atoms with E-state index >= 15 is 0 Å². The van der Waals surface area contributed by atoms with Crippen molar-refractivity contribution in [1.82, 2.24) is 10.3 Å². The molecule has 1 aromatic heterocycles. The second-order valence-electron chi connectivity index (χ2n) is 3.64. The second kappa shape index (κ2) is 7.68. The normalized spacial score (nSPS) is 11.9. The molecule has 4 nitrogen and oxygen atoms in total. The molecule has 0 spiro atoms. The van der Waals surface area contributed by atoms with E-state index in [2.05, 4.69) is 21.9 Å². The van der Waals surface area contributed by atoms with Crippen LogP contribution >= 0.6 is 35.3 Å². The summed E-state index contributed by atoms with van der Waals surface area (Å²) in [5.74, 6) is 0.154. The van der Waals surface area contributed by atoms with E-state index < -0.39 is 11.9 Å². The highest BCUT2D eigenvalue weighted by Gasteiger charge is 2.33. The lowest BCUT2D eigenvalue weighted by Crippen LogP contribution is -2.32. The van der Waals surface area contributed by atoms with Crippen LogP contribution in [0.5, 0.6) is 0 Å². The summed E-state index contributed by atoms with van der Waals surface area (Å²) in [6.45, 7) is 5.98. The molecule has 0 atom stereocenters. The molecule has 0 unspecified atom stereocenters. The van der Waals surface area contributed by atoms with Crippen LogP contribution in [-0.4, -0.2) is 17.5 Å². The Kier molecular flexibility index (Phi) is 7.34. The number of guanidine groups is 1. The van der Waals surface area contributed by atoms with Crippen molar-refractivity contribution in [2.45, 2.75) is 19.6 Å². The Balaban J connectivity index is 0.00000324. The molecule has 0 aliphatic rings. The SMILES string of the molecule is C=C(C)CNC(N)=NCc1nc(C(F)(F)F)cs1.I. The zero-order chi connectivity index (χ0) is 13.8. The fraction of sp³-hybridized carbons (Fsp3) is 0.400. The number of nitrogens with one attached hydrogen (secondary N) is 1. The zero-order valence-corrected chi connectivity index (χ0v) is 13.3. The highest BCUT2D eigenvalue weighted by Crippen LogP contribution is 2.30. The van der Waals surface area contributed by atoms with Crippen LogP contribution in [0.3, 0.4) is 0 Å². The fourth-order valence-corrected chi connectivity index (χ4v) is 1.69. The van der Waals surface area contributed by atoms with Crippen molar-refractivity contribution in [3.63, 3.8) is 0 Å². The van der Waals surface area contributed by atoms with Gasteiger partial charge in [-0.2, -0.15) is 13.2 Å². The summed E-state index contributed by atoms with van der Waals surface area (Å²) in [6, 6.07) is 0. The average molecular weight is 406 g/mol. The highest BCUT2D eigenvalue weighted by molar-refractivity contribution is 14.0. The molecule has 3 N–H and O–H groups in total. The van der Waals surface area contributed by atoms with Gasteiger partial charge in [0.15, 0.2) is 11.7 Å². The van der Waals surface area contributed by atoms with Crippen LogP contribution in [0.25, 0.3) is 0 Å². The molecule has 9 heteroatoms. The molecule has 0 aliphatic heterocycles. The van der Waals surface area contributed by atoms with E-state index in [1.165, 1.54) is 0 Å². The molecule has 0 aromatic carbocycles. The van der Waals surface area contributed by atoms with Crippen LogP contribution in [0.4, 0.5) is 13.2 Å². The molecular weight excluding hydrogens is 392 g/mol. The molecule has 1 rings (SSSR count). The number of hydrogen-bond acceptors (Lipinski definition) is 3. The molecule has 1 aromatic rings. The lowest BCUT2D eigenvalue weighted by molar-refractivity contribution is -0.140. The molecule has 1 heterocycles. The van der Waals surface area contributed by atoms with Crippen molar-refractivity contribution < 1.29 is 13.2 Å². The summed E-state index contributed by atoms with van der Waals surface area (Å²) < 4.78 is 36.8. The topological polar surface area (TPSA) is 63.3 Å². The van der Waals surface area contributed by atoms with Gasteiger partial charge < -0.3 is 11.1 Å². The standard InChI is InChI=1S/C10H13F3N4S.HI/c1-6(2)3-15-9(14)16-4-8-17-7(5-18-8)10(11,12)13;/h5H,1,3-4H2,2H3,(H3,14,15,16);1H. The van der Waals surface area contributed by atoms with Gasteiger partial charge in [0, 0.05) is 11.9 Å². The summed E-state index contributed by atoms with van der Waals surface area (Å²) in [5, 5.41) is 4.00. The van der Waals surface area contributed by atoms with E-state index in [4.69, 9.17) is 5.73 Å². The van der Waals surface area contributed by atoms with Crippen molar-refractivity contribution in [1.29, 1.82) is 0 Å². The van der Waals surface area contributed by atoms with Crippen molar-refractivity contribution in [3.05, 3.63) is 28.2 Å². The number of nitrogens with zero attached hydrogens (tertiary/aromatic N) is 2. The highest BCUT2D eigenvalue weighted by atomic mass is 127. The third kappa shape index (κ3) is 6.76. The summed E-state index contributed by atoms with van der Waals surface area (Å²) in [7, 11) is 0. The first kappa shape index (κ1) is 18.2. The maximum absolute atomic E-state index is 12.3. The Bertz CT molecular complexity index is 456. The number of thiazole rings is 1.